The number of rotatable bonds is 8. The molecular formula is C18H23NO4. The summed E-state index contributed by atoms with van der Waals surface area (Å²) in [5.41, 5.74) is 0.957. The zero-order valence-corrected chi connectivity index (χ0v) is 13.5. The van der Waals surface area contributed by atoms with Crippen LogP contribution in [-0.2, 0) is 14.3 Å². The predicted molar refractivity (Wildman–Crippen MR) is 88.8 cm³/mol. The van der Waals surface area contributed by atoms with Crippen LogP contribution in [0.2, 0.25) is 0 Å². The van der Waals surface area contributed by atoms with Gasteiger partial charge >= 0.3 is 12.1 Å². The molecule has 0 unspecified atom stereocenters. The van der Waals surface area contributed by atoms with Gasteiger partial charge in [0, 0.05) is 0 Å². The molecule has 5 nitrogen and oxygen atoms in total. The van der Waals surface area contributed by atoms with Crippen LogP contribution in [0.1, 0.15) is 24.9 Å². The summed E-state index contributed by atoms with van der Waals surface area (Å²) in [6, 6.07) is 9.33. The molecule has 0 spiro atoms. The molecule has 5 heteroatoms. The van der Waals surface area contributed by atoms with Gasteiger partial charge in [-0.3, -0.25) is 4.79 Å². The van der Waals surface area contributed by atoms with E-state index >= 15 is 0 Å². The molecule has 1 amide bonds. The first-order valence-electron chi connectivity index (χ1n) is 7.41. The van der Waals surface area contributed by atoms with E-state index in [1.165, 1.54) is 13.2 Å². The number of methoxy groups -OCH3 is 1. The van der Waals surface area contributed by atoms with Crippen molar-refractivity contribution in [1.82, 2.24) is 5.32 Å². The van der Waals surface area contributed by atoms with E-state index in [1.807, 2.05) is 43.3 Å². The van der Waals surface area contributed by atoms with Crippen molar-refractivity contribution in [2.24, 2.45) is 5.92 Å². The van der Waals surface area contributed by atoms with E-state index in [2.05, 4.69) is 16.6 Å². The third-order valence-corrected chi connectivity index (χ3v) is 3.24. The van der Waals surface area contributed by atoms with E-state index in [-0.39, 0.29) is 31.0 Å². The molecule has 23 heavy (non-hydrogen) atoms. The number of esters is 1. The molecule has 1 N–H and O–H groups in total. The summed E-state index contributed by atoms with van der Waals surface area (Å²) in [5, 5.41) is 2.84. The second-order valence-corrected chi connectivity index (χ2v) is 4.99. The molecule has 0 saturated heterocycles. The molecule has 0 saturated carbocycles. The van der Waals surface area contributed by atoms with E-state index < -0.39 is 6.09 Å². The summed E-state index contributed by atoms with van der Waals surface area (Å²) in [6.45, 7) is 5.62. The molecule has 0 aromatic heterocycles. The number of carbonyl (C=O) groups is 2. The number of benzene rings is 1. The summed E-state index contributed by atoms with van der Waals surface area (Å²) < 4.78 is 9.58. The van der Waals surface area contributed by atoms with E-state index in [0.717, 1.165) is 5.56 Å². The Hall–Kier alpha value is -2.56. The van der Waals surface area contributed by atoms with Gasteiger partial charge in [-0.25, -0.2) is 4.79 Å². The van der Waals surface area contributed by atoms with Crippen LogP contribution in [-0.4, -0.2) is 25.8 Å². The highest BCUT2D eigenvalue weighted by molar-refractivity contribution is 5.71. The Morgan fingerprint density at radius 3 is 2.61 bits per heavy atom. The van der Waals surface area contributed by atoms with E-state index in [4.69, 9.17) is 4.74 Å². The van der Waals surface area contributed by atoms with Crippen LogP contribution in [0.25, 0.3) is 0 Å². The molecule has 1 aromatic carbocycles. The van der Waals surface area contributed by atoms with E-state index in [1.54, 1.807) is 6.08 Å². The summed E-state index contributed by atoms with van der Waals surface area (Å²) in [7, 11) is 1.35. The second-order valence-electron chi connectivity index (χ2n) is 4.99. The maximum atomic E-state index is 11.8. The Labute approximate surface area is 137 Å². The number of carbonyl (C=O) groups excluding carboxylic acids is 2. The van der Waals surface area contributed by atoms with Gasteiger partial charge in [0.25, 0.3) is 0 Å². The first-order chi connectivity index (χ1) is 11.1. The Balaban J connectivity index is 2.80. The summed E-state index contributed by atoms with van der Waals surface area (Å²) in [5.74, 6) is -0.332. The van der Waals surface area contributed by atoms with Crippen LogP contribution in [0.5, 0.6) is 0 Å². The van der Waals surface area contributed by atoms with E-state index in [9.17, 15) is 9.59 Å². The quantitative estimate of drug-likeness (QED) is 0.589. The normalized spacial score (nSPS) is 13.1. The highest BCUT2D eigenvalue weighted by Crippen LogP contribution is 2.23. The minimum absolute atomic E-state index is 0.0293. The molecule has 0 fully saturated rings. The third kappa shape index (κ3) is 6.82. The van der Waals surface area contributed by atoms with Crippen LogP contribution in [0.15, 0.2) is 55.1 Å². The minimum Gasteiger partial charge on any atom is -0.469 e. The lowest BCUT2D eigenvalue weighted by Gasteiger charge is -2.23. The van der Waals surface area contributed by atoms with Crippen LogP contribution in [0.3, 0.4) is 0 Å². The SMILES string of the molecule is C=CCOC(=O)N[C@H](c1ccccc1)[C@H](C)/C=C/CC(=O)OC. The number of hydrogen-bond donors (Lipinski definition) is 1. The molecule has 0 aliphatic carbocycles. The van der Waals surface area contributed by atoms with Gasteiger partial charge in [0.2, 0.25) is 0 Å². The highest BCUT2D eigenvalue weighted by atomic mass is 16.5. The Morgan fingerprint density at radius 2 is 2.00 bits per heavy atom. The summed E-state index contributed by atoms with van der Waals surface area (Å²) in [4.78, 5) is 23.0. The van der Waals surface area contributed by atoms with Gasteiger partial charge in [0.15, 0.2) is 0 Å². The van der Waals surface area contributed by atoms with Gasteiger partial charge < -0.3 is 14.8 Å². The summed E-state index contributed by atoms with van der Waals surface area (Å²) >= 11 is 0. The van der Waals surface area contributed by atoms with Gasteiger partial charge in [0.05, 0.1) is 19.6 Å². The molecule has 0 aliphatic rings. The van der Waals surface area contributed by atoms with E-state index in [0.29, 0.717) is 0 Å². The van der Waals surface area contributed by atoms with Crippen molar-refractivity contribution in [3.05, 3.63) is 60.7 Å². The lowest BCUT2D eigenvalue weighted by molar-refractivity contribution is -0.139. The van der Waals surface area contributed by atoms with Gasteiger partial charge in [-0.2, -0.15) is 0 Å². The summed E-state index contributed by atoms with van der Waals surface area (Å²) in [6.07, 6.45) is 4.82. The average Bonchev–Trinajstić information content (AvgIpc) is 2.58. The lowest BCUT2D eigenvalue weighted by atomic mass is 9.94. The fourth-order valence-corrected chi connectivity index (χ4v) is 2.06. The van der Waals surface area contributed by atoms with Crippen LogP contribution in [0, 0.1) is 5.92 Å². The largest absolute Gasteiger partial charge is 0.469 e. The predicted octanol–water partition coefficient (Wildman–Crippen LogP) is 3.40. The number of amides is 1. The number of nitrogens with one attached hydrogen (secondary N) is 1. The number of alkyl carbamates (subject to hydrolysis) is 1. The first-order valence-corrected chi connectivity index (χ1v) is 7.41. The smallest absolute Gasteiger partial charge is 0.407 e. The van der Waals surface area contributed by atoms with Gasteiger partial charge in [-0.1, -0.05) is 62.1 Å². The molecule has 124 valence electrons. The maximum absolute atomic E-state index is 11.8. The van der Waals surface area contributed by atoms with Crippen LogP contribution in [0.4, 0.5) is 4.79 Å². The zero-order valence-electron chi connectivity index (χ0n) is 13.5. The molecule has 1 aromatic rings. The fourth-order valence-electron chi connectivity index (χ4n) is 2.06. The van der Waals surface area contributed by atoms with Crippen molar-refractivity contribution in [2.45, 2.75) is 19.4 Å². The van der Waals surface area contributed by atoms with Crippen molar-refractivity contribution in [2.75, 3.05) is 13.7 Å². The molecule has 0 aliphatic heterocycles. The van der Waals surface area contributed by atoms with Gasteiger partial charge in [-0.05, 0) is 11.5 Å². The Kier molecular flexibility index (Phi) is 8.21. The third-order valence-electron chi connectivity index (χ3n) is 3.24. The van der Waals surface area contributed by atoms with Gasteiger partial charge in [-0.15, -0.1) is 0 Å². The lowest BCUT2D eigenvalue weighted by Crippen LogP contribution is -2.32. The molecular weight excluding hydrogens is 294 g/mol. The zero-order chi connectivity index (χ0) is 17.1. The van der Waals surface area contributed by atoms with Crippen molar-refractivity contribution in [3.8, 4) is 0 Å². The molecule has 0 bridgehead atoms. The Bertz CT molecular complexity index is 539. The molecule has 0 radical (unpaired) electrons. The fraction of sp³-hybridized carbons (Fsp3) is 0.333. The van der Waals surface area contributed by atoms with Crippen molar-refractivity contribution >= 4 is 12.1 Å². The van der Waals surface area contributed by atoms with Gasteiger partial charge in [0.1, 0.15) is 6.61 Å². The average molecular weight is 317 g/mol. The molecule has 2 atom stereocenters. The second kappa shape index (κ2) is 10.2. The van der Waals surface area contributed by atoms with Crippen molar-refractivity contribution in [1.29, 1.82) is 0 Å². The maximum Gasteiger partial charge on any atom is 0.407 e. The number of ether oxygens (including phenoxy) is 2. The van der Waals surface area contributed by atoms with Crippen LogP contribution >= 0.6 is 0 Å². The standard InChI is InChI=1S/C18H23NO4/c1-4-13-23-18(21)19-17(15-10-6-5-7-11-15)14(2)9-8-12-16(20)22-3/h4-11,14,17H,1,12-13H2,2-3H3,(H,19,21)/b9-8+/t14-,17+/m1/s1. The number of hydrogen-bond acceptors (Lipinski definition) is 4. The molecule has 0 heterocycles. The Morgan fingerprint density at radius 1 is 1.30 bits per heavy atom. The topological polar surface area (TPSA) is 64.6 Å². The molecule has 1 rings (SSSR count). The van der Waals surface area contributed by atoms with Crippen molar-refractivity contribution in [3.63, 3.8) is 0 Å². The highest BCUT2D eigenvalue weighted by Gasteiger charge is 2.20. The monoisotopic (exact) mass is 317 g/mol. The first kappa shape index (κ1) is 18.5. The minimum atomic E-state index is -0.507. The van der Waals surface area contributed by atoms with Crippen LogP contribution < -0.4 is 5.32 Å². The van der Waals surface area contributed by atoms with Crippen molar-refractivity contribution < 1.29 is 19.1 Å².